The van der Waals surface area contributed by atoms with Crippen molar-refractivity contribution in [3.05, 3.63) is 0 Å². The molecule has 0 spiro atoms. The molecule has 2 aliphatic rings. The van der Waals surface area contributed by atoms with Gasteiger partial charge in [0.05, 0.1) is 6.61 Å². The lowest BCUT2D eigenvalue weighted by Crippen LogP contribution is -2.41. The fraction of sp³-hybridized carbons (Fsp3) is 1.00. The van der Waals surface area contributed by atoms with E-state index in [0.29, 0.717) is 0 Å². The molecule has 0 aromatic rings. The molecular formula is C8H16ClNO. The number of ether oxygens (including phenoxy) is 1. The number of halogens is 1. The molecule has 2 saturated heterocycles. The number of fused-ring (bicyclic) bond motifs is 1. The van der Waals surface area contributed by atoms with Gasteiger partial charge in [-0.25, -0.2) is 0 Å². The van der Waals surface area contributed by atoms with E-state index in [-0.39, 0.29) is 12.4 Å². The Morgan fingerprint density at radius 2 is 2.09 bits per heavy atom. The lowest BCUT2D eigenvalue weighted by atomic mass is 9.83. The zero-order valence-electron chi connectivity index (χ0n) is 6.71. The van der Waals surface area contributed by atoms with Gasteiger partial charge in [-0.2, -0.15) is 0 Å². The molecule has 0 amide bonds. The van der Waals surface area contributed by atoms with Gasteiger partial charge < -0.3 is 10.1 Å². The minimum atomic E-state index is 0. The van der Waals surface area contributed by atoms with Gasteiger partial charge in [0.15, 0.2) is 0 Å². The Morgan fingerprint density at radius 1 is 1.18 bits per heavy atom. The van der Waals surface area contributed by atoms with Gasteiger partial charge in [-0.15, -0.1) is 12.4 Å². The van der Waals surface area contributed by atoms with Gasteiger partial charge in [0.1, 0.15) is 0 Å². The summed E-state index contributed by atoms with van der Waals surface area (Å²) in [5.74, 6) is 1.79. The van der Waals surface area contributed by atoms with Crippen LogP contribution in [0.2, 0.25) is 0 Å². The molecule has 1 N–H and O–H groups in total. The average molecular weight is 178 g/mol. The van der Waals surface area contributed by atoms with E-state index in [0.717, 1.165) is 25.0 Å². The predicted molar refractivity (Wildman–Crippen MR) is 47.2 cm³/mol. The van der Waals surface area contributed by atoms with Gasteiger partial charge in [0.2, 0.25) is 0 Å². The minimum absolute atomic E-state index is 0. The van der Waals surface area contributed by atoms with Crippen molar-refractivity contribution in [2.75, 3.05) is 26.3 Å². The number of piperidine rings is 1. The van der Waals surface area contributed by atoms with E-state index in [9.17, 15) is 0 Å². The minimum Gasteiger partial charge on any atom is -0.381 e. The molecule has 0 aromatic heterocycles. The smallest absolute Gasteiger partial charge is 0.0509 e. The van der Waals surface area contributed by atoms with Crippen LogP contribution in [0.4, 0.5) is 0 Å². The molecule has 0 aromatic carbocycles. The topological polar surface area (TPSA) is 21.3 Å². The molecule has 2 unspecified atom stereocenters. The molecule has 66 valence electrons. The first kappa shape index (κ1) is 9.30. The third kappa shape index (κ3) is 2.08. The highest BCUT2D eigenvalue weighted by atomic mass is 35.5. The number of hydrogen-bond acceptors (Lipinski definition) is 2. The number of rotatable bonds is 0. The van der Waals surface area contributed by atoms with Crippen molar-refractivity contribution in [2.45, 2.75) is 12.8 Å². The Balaban J connectivity index is 0.000000605. The molecule has 11 heavy (non-hydrogen) atoms. The quantitative estimate of drug-likeness (QED) is 0.598. The van der Waals surface area contributed by atoms with E-state index in [2.05, 4.69) is 5.32 Å². The normalized spacial score (nSPS) is 37.1. The zero-order valence-corrected chi connectivity index (χ0v) is 7.53. The third-order valence-electron chi connectivity index (χ3n) is 2.73. The molecule has 0 saturated carbocycles. The molecule has 2 fully saturated rings. The highest BCUT2D eigenvalue weighted by molar-refractivity contribution is 5.85. The third-order valence-corrected chi connectivity index (χ3v) is 2.73. The molecule has 2 heterocycles. The summed E-state index contributed by atoms with van der Waals surface area (Å²) >= 11 is 0. The maximum Gasteiger partial charge on any atom is 0.0509 e. The SMILES string of the molecule is C1CC2CCOCC2CN1.Cl. The monoisotopic (exact) mass is 177 g/mol. The van der Waals surface area contributed by atoms with Crippen LogP contribution in [0.25, 0.3) is 0 Å². The molecule has 0 radical (unpaired) electrons. The molecule has 0 bridgehead atoms. The fourth-order valence-electron chi connectivity index (χ4n) is 2.02. The molecule has 3 heteroatoms. The van der Waals surface area contributed by atoms with Crippen LogP contribution < -0.4 is 5.32 Å². The van der Waals surface area contributed by atoms with Crippen LogP contribution in [-0.2, 0) is 4.74 Å². The first-order valence-corrected chi connectivity index (χ1v) is 4.25. The van der Waals surface area contributed by atoms with Gasteiger partial charge in [-0.05, 0) is 31.2 Å². The summed E-state index contributed by atoms with van der Waals surface area (Å²) in [6.45, 7) is 4.41. The van der Waals surface area contributed by atoms with Crippen LogP contribution >= 0.6 is 12.4 Å². The van der Waals surface area contributed by atoms with Crippen molar-refractivity contribution < 1.29 is 4.74 Å². The Hall–Kier alpha value is 0.210. The fourth-order valence-corrected chi connectivity index (χ4v) is 2.02. The van der Waals surface area contributed by atoms with Crippen LogP contribution in [0.1, 0.15) is 12.8 Å². The van der Waals surface area contributed by atoms with Gasteiger partial charge >= 0.3 is 0 Å². The number of nitrogens with one attached hydrogen (secondary N) is 1. The van der Waals surface area contributed by atoms with Crippen molar-refractivity contribution >= 4 is 12.4 Å². The zero-order chi connectivity index (χ0) is 6.81. The molecule has 2 nitrogen and oxygen atoms in total. The van der Waals surface area contributed by atoms with Crippen LogP contribution in [0.3, 0.4) is 0 Å². The summed E-state index contributed by atoms with van der Waals surface area (Å²) in [7, 11) is 0. The molecule has 2 rings (SSSR count). The summed E-state index contributed by atoms with van der Waals surface area (Å²) in [5, 5.41) is 3.40. The first-order valence-electron chi connectivity index (χ1n) is 4.25. The van der Waals surface area contributed by atoms with Crippen molar-refractivity contribution in [3.63, 3.8) is 0 Å². The second-order valence-corrected chi connectivity index (χ2v) is 3.38. The van der Waals surface area contributed by atoms with Crippen LogP contribution in [0.15, 0.2) is 0 Å². The van der Waals surface area contributed by atoms with Crippen molar-refractivity contribution in [1.29, 1.82) is 0 Å². The summed E-state index contributed by atoms with van der Waals surface area (Å²) in [5.41, 5.74) is 0. The summed E-state index contributed by atoms with van der Waals surface area (Å²) in [4.78, 5) is 0. The summed E-state index contributed by atoms with van der Waals surface area (Å²) in [6, 6.07) is 0. The largest absolute Gasteiger partial charge is 0.381 e. The lowest BCUT2D eigenvalue weighted by Gasteiger charge is -2.35. The van der Waals surface area contributed by atoms with Gasteiger partial charge in [-0.1, -0.05) is 0 Å². The number of hydrogen-bond donors (Lipinski definition) is 1. The molecule has 2 aliphatic heterocycles. The Morgan fingerprint density at radius 3 is 2.91 bits per heavy atom. The summed E-state index contributed by atoms with van der Waals surface area (Å²) in [6.07, 6.45) is 2.67. The van der Waals surface area contributed by atoms with E-state index in [1.807, 2.05) is 0 Å². The molecule has 2 atom stereocenters. The highest BCUT2D eigenvalue weighted by Crippen LogP contribution is 2.26. The Labute approximate surface area is 74.1 Å². The predicted octanol–water partition coefficient (Wildman–Crippen LogP) is 1.05. The van der Waals surface area contributed by atoms with Crippen molar-refractivity contribution in [2.24, 2.45) is 11.8 Å². The van der Waals surface area contributed by atoms with E-state index in [1.54, 1.807) is 0 Å². The second kappa shape index (κ2) is 4.29. The van der Waals surface area contributed by atoms with E-state index in [4.69, 9.17) is 4.74 Å². The van der Waals surface area contributed by atoms with Gasteiger partial charge in [-0.3, -0.25) is 0 Å². The van der Waals surface area contributed by atoms with Crippen molar-refractivity contribution in [1.82, 2.24) is 5.32 Å². The second-order valence-electron chi connectivity index (χ2n) is 3.38. The highest BCUT2D eigenvalue weighted by Gasteiger charge is 2.27. The lowest BCUT2D eigenvalue weighted by molar-refractivity contribution is 0.00490. The van der Waals surface area contributed by atoms with E-state index >= 15 is 0 Å². The standard InChI is InChI=1S/C8H15NO.ClH/c1-3-9-5-8-6-10-4-2-7(1)8;/h7-9H,1-6H2;1H. The average Bonchev–Trinajstić information content (AvgIpc) is 2.05. The van der Waals surface area contributed by atoms with Crippen LogP contribution in [0, 0.1) is 11.8 Å². The maximum absolute atomic E-state index is 5.40. The van der Waals surface area contributed by atoms with Crippen LogP contribution in [-0.4, -0.2) is 26.3 Å². The van der Waals surface area contributed by atoms with Gasteiger partial charge in [0, 0.05) is 13.2 Å². The Bertz CT molecular complexity index is 94.7. The van der Waals surface area contributed by atoms with Gasteiger partial charge in [0.25, 0.3) is 0 Å². The van der Waals surface area contributed by atoms with Crippen LogP contribution in [0.5, 0.6) is 0 Å². The Kier molecular flexibility index (Phi) is 3.63. The first-order chi connectivity index (χ1) is 4.97. The van der Waals surface area contributed by atoms with E-state index < -0.39 is 0 Å². The molecular weight excluding hydrogens is 162 g/mol. The van der Waals surface area contributed by atoms with Crippen molar-refractivity contribution in [3.8, 4) is 0 Å². The van der Waals surface area contributed by atoms with E-state index in [1.165, 1.54) is 25.9 Å². The maximum atomic E-state index is 5.40. The molecule has 0 aliphatic carbocycles. The summed E-state index contributed by atoms with van der Waals surface area (Å²) < 4.78 is 5.40.